The number of rotatable bonds is 6. The van der Waals surface area contributed by atoms with Crippen LogP contribution in [0.3, 0.4) is 0 Å². The maximum atomic E-state index is 13.3. The van der Waals surface area contributed by atoms with Gasteiger partial charge in [0.2, 0.25) is 5.91 Å². The summed E-state index contributed by atoms with van der Waals surface area (Å²) in [4.78, 5) is 56.1. The first-order valence-corrected chi connectivity index (χ1v) is 16.4. The summed E-state index contributed by atoms with van der Waals surface area (Å²) < 4.78 is 5.55. The molecule has 5 aliphatic rings. The van der Waals surface area contributed by atoms with Crippen molar-refractivity contribution in [3.8, 4) is 0 Å². The van der Waals surface area contributed by atoms with Crippen LogP contribution in [0.5, 0.6) is 0 Å². The van der Waals surface area contributed by atoms with E-state index in [1.165, 1.54) is 25.7 Å². The van der Waals surface area contributed by atoms with E-state index in [9.17, 15) is 14.4 Å². The lowest BCUT2D eigenvalue weighted by Crippen LogP contribution is -2.59. The molecule has 1 aliphatic carbocycles. The maximum absolute atomic E-state index is 13.3. The van der Waals surface area contributed by atoms with Gasteiger partial charge in [-0.05, 0) is 60.0 Å². The molecule has 2 N–H and O–H groups in total. The van der Waals surface area contributed by atoms with Crippen LogP contribution in [0.15, 0.2) is 21.8 Å². The molecular weight excluding hydrogens is 560 g/mol. The summed E-state index contributed by atoms with van der Waals surface area (Å²) >= 11 is 0. The molecule has 2 saturated heterocycles. The SMILES string of the molecule is CC(/C=N\[C@H](C)NC1=NCC2C=C(C(=O)N(C)C)N(C3CCCCCC3)C2N1)C(=O)N1CC2CC1CN2C(=O)OC(C)(C)C. The lowest BCUT2D eigenvalue weighted by Gasteiger charge is -2.41. The monoisotopic (exact) mass is 612 g/mol. The van der Waals surface area contributed by atoms with Crippen molar-refractivity contribution < 1.29 is 19.1 Å². The molecule has 5 unspecified atom stereocenters. The van der Waals surface area contributed by atoms with Gasteiger partial charge < -0.3 is 35.0 Å². The largest absolute Gasteiger partial charge is 0.444 e. The first kappa shape index (κ1) is 32.1. The lowest BCUT2D eigenvalue weighted by molar-refractivity contribution is -0.135. The van der Waals surface area contributed by atoms with Gasteiger partial charge in [0.25, 0.3) is 5.91 Å². The van der Waals surface area contributed by atoms with Crippen LogP contribution in [-0.2, 0) is 14.3 Å². The third-order valence-corrected chi connectivity index (χ3v) is 9.36. The number of piperazine rings is 1. The molecule has 4 aliphatic heterocycles. The van der Waals surface area contributed by atoms with Gasteiger partial charge in [-0.3, -0.25) is 19.6 Å². The van der Waals surface area contributed by atoms with Gasteiger partial charge in [0, 0.05) is 45.4 Å². The molecule has 2 bridgehead atoms. The predicted octanol–water partition coefficient (Wildman–Crippen LogP) is 2.76. The molecule has 244 valence electrons. The van der Waals surface area contributed by atoms with Gasteiger partial charge in [-0.25, -0.2) is 4.79 Å². The summed E-state index contributed by atoms with van der Waals surface area (Å²) in [6.45, 7) is 11.0. The van der Waals surface area contributed by atoms with E-state index in [1.54, 1.807) is 16.0 Å². The highest BCUT2D eigenvalue weighted by Gasteiger charge is 2.49. The van der Waals surface area contributed by atoms with Crippen molar-refractivity contribution in [2.24, 2.45) is 21.8 Å². The van der Waals surface area contributed by atoms with E-state index in [-0.39, 0.29) is 54.2 Å². The number of guanidine groups is 1. The van der Waals surface area contributed by atoms with Gasteiger partial charge >= 0.3 is 6.09 Å². The normalized spacial score (nSPS) is 28.6. The number of hydrogen-bond donors (Lipinski definition) is 2. The van der Waals surface area contributed by atoms with Crippen LogP contribution in [0.4, 0.5) is 4.79 Å². The Morgan fingerprint density at radius 2 is 1.73 bits per heavy atom. The average molecular weight is 613 g/mol. The average Bonchev–Trinajstić information content (AvgIpc) is 3.61. The quantitative estimate of drug-likeness (QED) is 0.350. The van der Waals surface area contributed by atoms with Crippen molar-refractivity contribution in [1.82, 2.24) is 30.2 Å². The van der Waals surface area contributed by atoms with Crippen LogP contribution in [0.2, 0.25) is 0 Å². The molecule has 1 saturated carbocycles. The fraction of sp³-hybridized carbons (Fsp3) is 0.781. The molecule has 0 radical (unpaired) electrons. The van der Waals surface area contributed by atoms with Crippen molar-refractivity contribution in [3.63, 3.8) is 0 Å². The van der Waals surface area contributed by atoms with Crippen LogP contribution < -0.4 is 10.6 Å². The standard InChI is InChI=1S/C32H52N8O4/c1-20(28(41)38-18-25-15-24(38)19-39(25)31(43)44-32(3,4)5)16-33-21(2)35-30-34-17-22-14-26(29(42)37(6)7)40(27(22)36-30)23-12-10-8-9-11-13-23/h14,16,20-25,27H,8-13,15,17-19H2,1-7H3,(H2,34,35,36)/b33-16-/t20?,21-,22?,24?,25?,27?/m0/s1. The summed E-state index contributed by atoms with van der Waals surface area (Å²) in [6, 6.07) is 0.341. The molecule has 0 aromatic heterocycles. The van der Waals surface area contributed by atoms with Gasteiger partial charge in [0.15, 0.2) is 5.96 Å². The van der Waals surface area contributed by atoms with E-state index in [0.717, 1.165) is 25.0 Å². The van der Waals surface area contributed by atoms with Crippen molar-refractivity contribution in [3.05, 3.63) is 11.8 Å². The van der Waals surface area contributed by atoms with Gasteiger partial charge in [-0.15, -0.1) is 0 Å². The van der Waals surface area contributed by atoms with Gasteiger partial charge in [0.05, 0.1) is 24.5 Å². The van der Waals surface area contributed by atoms with Crippen molar-refractivity contribution in [2.75, 3.05) is 33.7 Å². The minimum absolute atomic E-state index is 0.00101. The van der Waals surface area contributed by atoms with E-state index in [0.29, 0.717) is 31.6 Å². The van der Waals surface area contributed by atoms with Crippen LogP contribution in [0, 0.1) is 11.8 Å². The Morgan fingerprint density at radius 3 is 2.34 bits per heavy atom. The van der Waals surface area contributed by atoms with E-state index < -0.39 is 5.60 Å². The highest BCUT2D eigenvalue weighted by Crippen LogP contribution is 2.36. The molecule has 6 atom stereocenters. The van der Waals surface area contributed by atoms with E-state index >= 15 is 0 Å². The van der Waals surface area contributed by atoms with E-state index in [4.69, 9.17) is 9.73 Å². The fourth-order valence-corrected chi connectivity index (χ4v) is 7.21. The molecule has 0 spiro atoms. The second-order valence-corrected chi connectivity index (χ2v) is 14.3. The summed E-state index contributed by atoms with van der Waals surface area (Å²) in [5.74, 6) is 0.479. The number of amides is 3. The number of fused-ring (bicyclic) bond motifs is 3. The second kappa shape index (κ2) is 13.0. The number of aliphatic imine (C=N–C) groups is 2. The predicted molar refractivity (Wildman–Crippen MR) is 170 cm³/mol. The Labute approximate surface area is 262 Å². The number of likely N-dealkylation sites (tertiary alicyclic amines) is 2. The molecule has 5 rings (SSSR count). The Hall–Kier alpha value is -3.31. The highest BCUT2D eigenvalue weighted by atomic mass is 16.6. The van der Waals surface area contributed by atoms with Crippen LogP contribution in [0.1, 0.15) is 79.6 Å². The van der Waals surface area contributed by atoms with Crippen LogP contribution >= 0.6 is 0 Å². The van der Waals surface area contributed by atoms with E-state index in [1.807, 2.05) is 53.6 Å². The topological polar surface area (TPSA) is 122 Å². The first-order chi connectivity index (χ1) is 20.8. The van der Waals surface area contributed by atoms with Crippen molar-refractivity contribution >= 4 is 30.1 Å². The van der Waals surface area contributed by atoms with Crippen LogP contribution in [-0.4, -0.2) is 119 Å². The number of nitrogens with zero attached hydrogens (tertiary/aromatic N) is 6. The number of carbonyl (C=O) groups excluding carboxylic acids is 3. The zero-order valence-electron chi connectivity index (χ0n) is 27.6. The molecule has 0 aromatic rings. The summed E-state index contributed by atoms with van der Waals surface area (Å²) in [7, 11) is 3.62. The zero-order valence-corrected chi connectivity index (χ0v) is 27.6. The number of ether oxygens (including phenoxy) is 1. The van der Waals surface area contributed by atoms with Gasteiger partial charge in [-0.2, -0.15) is 0 Å². The molecule has 4 heterocycles. The van der Waals surface area contributed by atoms with Crippen molar-refractivity contribution in [1.29, 1.82) is 0 Å². The third kappa shape index (κ3) is 6.99. The molecule has 12 nitrogen and oxygen atoms in total. The number of hydrogen-bond acceptors (Lipinski definition) is 9. The van der Waals surface area contributed by atoms with Gasteiger partial charge in [-0.1, -0.05) is 25.7 Å². The minimum Gasteiger partial charge on any atom is -0.444 e. The first-order valence-electron chi connectivity index (χ1n) is 16.4. The Balaban J connectivity index is 1.15. The third-order valence-electron chi connectivity index (χ3n) is 9.36. The molecule has 3 amide bonds. The molecule has 12 heteroatoms. The second-order valence-electron chi connectivity index (χ2n) is 14.3. The number of likely N-dealkylation sites (N-methyl/N-ethyl adjacent to an activating group) is 1. The number of nitrogens with one attached hydrogen (secondary N) is 2. The number of carbonyl (C=O) groups is 3. The molecule has 44 heavy (non-hydrogen) atoms. The smallest absolute Gasteiger partial charge is 0.410 e. The van der Waals surface area contributed by atoms with Gasteiger partial charge in [0.1, 0.15) is 23.6 Å². The summed E-state index contributed by atoms with van der Waals surface area (Å²) in [6.07, 6.45) is 11.0. The Morgan fingerprint density at radius 1 is 1.07 bits per heavy atom. The fourth-order valence-electron chi connectivity index (χ4n) is 7.21. The molecular formula is C32H52N8O4. The lowest BCUT2D eigenvalue weighted by atomic mass is 10.0. The summed E-state index contributed by atoms with van der Waals surface area (Å²) in [5.41, 5.74) is 0.241. The molecule has 0 aromatic carbocycles. The van der Waals surface area contributed by atoms with E-state index in [2.05, 4.69) is 26.6 Å². The minimum atomic E-state index is -0.541. The van der Waals surface area contributed by atoms with Crippen molar-refractivity contribution in [2.45, 2.75) is 116 Å². The Bertz CT molecular complexity index is 1190. The summed E-state index contributed by atoms with van der Waals surface area (Å²) in [5, 5.41) is 6.96. The molecule has 3 fully saturated rings. The maximum Gasteiger partial charge on any atom is 0.410 e. The Kier molecular flexibility index (Phi) is 9.46. The van der Waals surface area contributed by atoms with Crippen LogP contribution in [0.25, 0.3) is 0 Å². The zero-order chi connectivity index (χ0) is 31.8. The highest BCUT2D eigenvalue weighted by molar-refractivity contribution is 5.94.